The summed E-state index contributed by atoms with van der Waals surface area (Å²) in [5.41, 5.74) is 1.36. The predicted octanol–water partition coefficient (Wildman–Crippen LogP) is 3.58. The zero-order valence-electron chi connectivity index (χ0n) is 12.7. The van der Waals surface area contributed by atoms with Gasteiger partial charge in [-0.25, -0.2) is 4.39 Å². The number of amides is 1. The van der Waals surface area contributed by atoms with Gasteiger partial charge < -0.3 is 9.64 Å². The first-order valence-corrected chi connectivity index (χ1v) is 7.88. The van der Waals surface area contributed by atoms with Crippen molar-refractivity contribution in [2.24, 2.45) is 5.92 Å². The van der Waals surface area contributed by atoms with E-state index < -0.39 is 11.9 Å². The van der Waals surface area contributed by atoms with E-state index in [1.165, 1.54) is 17.0 Å². The Bertz CT molecular complexity index is 763. The molecule has 0 unspecified atom stereocenters. The molecule has 1 aliphatic heterocycles. The third-order valence-corrected chi connectivity index (χ3v) is 4.11. The van der Waals surface area contributed by atoms with Gasteiger partial charge in [-0.05, 0) is 35.9 Å². The molecular formula is C18H15ClFNO3. The minimum Gasteiger partial charge on any atom is -0.461 e. The predicted molar refractivity (Wildman–Crippen MR) is 88.1 cm³/mol. The van der Waals surface area contributed by atoms with Crippen LogP contribution in [0.4, 0.5) is 10.1 Å². The summed E-state index contributed by atoms with van der Waals surface area (Å²) in [6.07, 6.45) is 0.106. The molecule has 1 aliphatic rings. The molecule has 0 saturated carbocycles. The lowest BCUT2D eigenvalue weighted by atomic mass is 10.1. The van der Waals surface area contributed by atoms with Gasteiger partial charge in [0.05, 0.1) is 5.92 Å². The standard InChI is InChI=1S/C18H15ClFNO3/c19-14-2-1-3-16(9-14)21-10-13(8-17(21)22)18(23)24-11-12-4-6-15(20)7-5-12/h1-7,9,13H,8,10-11H2/t13-/m1/s1. The average molecular weight is 348 g/mol. The second-order valence-corrected chi connectivity index (χ2v) is 6.06. The van der Waals surface area contributed by atoms with Gasteiger partial charge in [-0.3, -0.25) is 9.59 Å². The maximum absolute atomic E-state index is 12.8. The number of ether oxygens (including phenoxy) is 1. The summed E-state index contributed by atoms with van der Waals surface area (Å²) in [7, 11) is 0. The summed E-state index contributed by atoms with van der Waals surface area (Å²) < 4.78 is 18.1. The van der Waals surface area contributed by atoms with Crippen LogP contribution in [0.3, 0.4) is 0 Å². The lowest BCUT2D eigenvalue weighted by molar-refractivity contribution is -0.149. The van der Waals surface area contributed by atoms with Crippen molar-refractivity contribution in [1.82, 2.24) is 0 Å². The van der Waals surface area contributed by atoms with E-state index in [1.54, 1.807) is 36.4 Å². The molecule has 1 heterocycles. The fourth-order valence-corrected chi connectivity index (χ4v) is 2.80. The lowest BCUT2D eigenvalue weighted by Crippen LogP contribution is -2.26. The summed E-state index contributed by atoms with van der Waals surface area (Å²) >= 11 is 5.94. The van der Waals surface area contributed by atoms with Crippen LogP contribution in [0.15, 0.2) is 48.5 Å². The van der Waals surface area contributed by atoms with E-state index in [2.05, 4.69) is 0 Å². The van der Waals surface area contributed by atoms with Gasteiger partial charge in [0.25, 0.3) is 0 Å². The first-order chi connectivity index (χ1) is 11.5. The quantitative estimate of drug-likeness (QED) is 0.794. The highest BCUT2D eigenvalue weighted by atomic mass is 35.5. The molecule has 0 radical (unpaired) electrons. The zero-order chi connectivity index (χ0) is 17.1. The summed E-state index contributed by atoms with van der Waals surface area (Å²) in [5.74, 6) is -1.43. The highest BCUT2D eigenvalue weighted by Gasteiger charge is 2.36. The monoisotopic (exact) mass is 347 g/mol. The molecule has 1 fully saturated rings. The van der Waals surface area contributed by atoms with Crippen LogP contribution in [0, 0.1) is 11.7 Å². The van der Waals surface area contributed by atoms with E-state index in [0.717, 1.165) is 0 Å². The first kappa shape index (κ1) is 16.5. The Labute approximate surface area is 143 Å². The number of esters is 1. The normalized spacial score (nSPS) is 17.2. The van der Waals surface area contributed by atoms with Gasteiger partial charge in [-0.1, -0.05) is 29.8 Å². The number of halogens is 2. The number of hydrogen-bond acceptors (Lipinski definition) is 3. The Kier molecular flexibility index (Phi) is 4.81. The highest BCUT2D eigenvalue weighted by molar-refractivity contribution is 6.30. The molecule has 0 bridgehead atoms. The topological polar surface area (TPSA) is 46.6 Å². The second-order valence-electron chi connectivity index (χ2n) is 5.62. The van der Waals surface area contributed by atoms with Crippen LogP contribution >= 0.6 is 11.6 Å². The number of carbonyl (C=O) groups excluding carboxylic acids is 2. The van der Waals surface area contributed by atoms with Gasteiger partial charge in [0, 0.05) is 23.7 Å². The molecule has 3 rings (SSSR count). The second kappa shape index (κ2) is 7.01. The molecule has 0 spiro atoms. The van der Waals surface area contributed by atoms with Crippen molar-refractivity contribution in [3.05, 3.63) is 64.9 Å². The number of carbonyl (C=O) groups is 2. The number of benzene rings is 2. The number of rotatable bonds is 4. The van der Waals surface area contributed by atoms with Gasteiger partial charge in [0.15, 0.2) is 0 Å². The summed E-state index contributed by atoms with van der Waals surface area (Å²) in [4.78, 5) is 25.9. The molecule has 24 heavy (non-hydrogen) atoms. The van der Waals surface area contributed by atoms with E-state index >= 15 is 0 Å². The molecule has 0 N–H and O–H groups in total. The van der Waals surface area contributed by atoms with Crippen LogP contribution in [0.2, 0.25) is 5.02 Å². The maximum atomic E-state index is 12.8. The van der Waals surface area contributed by atoms with Crippen molar-refractivity contribution in [2.45, 2.75) is 13.0 Å². The van der Waals surface area contributed by atoms with Gasteiger partial charge in [-0.15, -0.1) is 0 Å². The zero-order valence-corrected chi connectivity index (χ0v) is 13.5. The molecule has 1 atom stereocenters. The van der Waals surface area contributed by atoms with E-state index in [4.69, 9.17) is 16.3 Å². The number of nitrogens with zero attached hydrogens (tertiary/aromatic N) is 1. The van der Waals surface area contributed by atoms with Crippen LogP contribution in [0.5, 0.6) is 0 Å². The van der Waals surface area contributed by atoms with Crippen molar-refractivity contribution in [2.75, 3.05) is 11.4 Å². The SMILES string of the molecule is O=C(OCc1ccc(F)cc1)[C@@H]1CC(=O)N(c2cccc(Cl)c2)C1. The van der Waals surface area contributed by atoms with Crippen LogP contribution in [-0.4, -0.2) is 18.4 Å². The molecule has 1 amide bonds. The third kappa shape index (κ3) is 3.74. The molecule has 6 heteroatoms. The van der Waals surface area contributed by atoms with E-state index in [-0.39, 0.29) is 31.3 Å². The van der Waals surface area contributed by atoms with Gasteiger partial charge >= 0.3 is 5.97 Å². The van der Waals surface area contributed by atoms with E-state index in [0.29, 0.717) is 16.3 Å². The highest BCUT2D eigenvalue weighted by Crippen LogP contribution is 2.27. The molecule has 0 aliphatic carbocycles. The summed E-state index contributed by atoms with van der Waals surface area (Å²) in [5, 5.41) is 0.530. The van der Waals surface area contributed by atoms with Gasteiger partial charge in [-0.2, -0.15) is 0 Å². The Morgan fingerprint density at radius 2 is 2.00 bits per heavy atom. The van der Waals surface area contributed by atoms with Gasteiger partial charge in [0.2, 0.25) is 5.91 Å². The average Bonchev–Trinajstić information content (AvgIpc) is 2.96. The fraction of sp³-hybridized carbons (Fsp3) is 0.222. The number of anilines is 1. The van der Waals surface area contributed by atoms with Crippen molar-refractivity contribution in [1.29, 1.82) is 0 Å². The Morgan fingerprint density at radius 1 is 1.25 bits per heavy atom. The largest absolute Gasteiger partial charge is 0.461 e. The molecule has 2 aromatic rings. The van der Waals surface area contributed by atoms with Crippen LogP contribution in [0.25, 0.3) is 0 Å². The third-order valence-electron chi connectivity index (χ3n) is 3.87. The van der Waals surface area contributed by atoms with Crippen LogP contribution in [0.1, 0.15) is 12.0 Å². The minimum atomic E-state index is -0.517. The maximum Gasteiger partial charge on any atom is 0.311 e. The summed E-state index contributed by atoms with van der Waals surface area (Å²) in [6.45, 7) is 0.322. The van der Waals surface area contributed by atoms with Crippen molar-refractivity contribution < 1.29 is 18.7 Å². The van der Waals surface area contributed by atoms with E-state index in [1.807, 2.05) is 0 Å². The lowest BCUT2D eigenvalue weighted by Gasteiger charge is -2.16. The molecule has 4 nitrogen and oxygen atoms in total. The van der Waals surface area contributed by atoms with Crippen molar-refractivity contribution in [3.8, 4) is 0 Å². The minimum absolute atomic E-state index is 0.0565. The van der Waals surface area contributed by atoms with E-state index in [9.17, 15) is 14.0 Å². The fourth-order valence-electron chi connectivity index (χ4n) is 2.61. The molecule has 124 valence electrons. The summed E-state index contributed by atoms with van der Waals surface area (Å²) in [6, 6.07) is 12.7. The Hall–Kier alpha value is -2.40. The van der Waals surface area contributed by atoms with Crippen LogP contribution in [-0.2, 0) is 20.9 Å². The number of hydrogen-bond donors (Lipinski definition) is 0. The van der Waals surface area contributed by atoms with Gasteiger partial charge in [0.1, 0.15) is 12.4 Å². The molecular weight excluding hydrogens is 333 g/mol. The smallest absolute Gasteiger partial charge is 0.311 e. The molecule has 0 aromatic heterocycles. The molecule has 1 saturated heterocycles. The van der Waals surface area contributed by atoms with Crippen molar-refractivity contribution >= 4 is 29.2 Å². The van der Waals surface area contributed by atoms with Crippen molar-refractivity contribution in [3.63, 3.8) is 0 Å². The molecule has 2 aromatic carbocycles. The Morgan fingerprint density at radius 3 is 2.71 bits per heavy atom. The first-order valence-electron chi connectivity index (χ1n) is 7.50. The Balaban J connectivity index is 1.60. The van der Waals surface area contributed by atoms with Crippen LogP contribution < -0.4 is 4.90 Å².